The van der Waals surface area contributed by atoms with Crippen molar-refractivity contribution >= 4 is 0 Å². The van der Waals surface area contributed by atoms with Crippen LogP contribution in [-0.4, -0.2) is 24.9 Å². The van der Waals surface area contributed by atoms with Crippen molar-refractivity contribution in [3.05, 3.63) is 71.6 Å². The fourth-order valence-corrected chi connectivity index (χ4v) is 2.64. The molecule has 1 atom stereocenters. The number of aryl methyl sites for hydroxylation is 1. The molecule has 3 rings (SSSR count). The molecule has 0 aromatic carbocycles. The van der Waals surface area contributed by atoms with E-state index in [9.17, 15) is 5.11 Å². The number of hydrogen-bond donors (Lipinski definition) is 1. The average molecular weight is 336 g/mol. The van der Waals surface area contributed by atoms with E-state index in [0.717, 1.165) is 28.3 Å². The lowest BCUT2D eigenvalue weighted by Gasteiger charge is -2.14. The first kappa shape index (κ1) is 17.3. The lowest BCUT2D eigenvalue weighted by Crippen LogP contribution is -2.12. The van der Waals surface area contributed by atoms with Crippen LogP contribution in [0.15, 0.2) is 48.9 Å². The van der Waals surface area contributed by atoms with Crippen molar-refractivity contribution in [1.29, 1.82) is 0 Å². The van der Waals surface area contributed by atoms with Gasteiger partial charge in [0.25, 0.3) is 0 Å². The third kappa shape index (κ3) is 3.94. The van der Waals surface area contributed by atoms with E-state index >= 15 is 0 Å². The van der Waals surface area contributed by atoms with Crippen LogP contribution in [0.1, 0.15) is 49.5 Å². The van der Waals surface area contributed by atoms with Gasteiger partial charge in [0.05, 0.1) is 23.7 Å². The molecule has 0 saturated heterocycles. The molecule has 0 amide bonds. The Morgan fingerprint density at radius 3 is 2.44 bits per heavy atom. The van der Waals surface area contributed by atoms with Gasteiger partial charge in [-0.3, -0.25) is 9.97 Å². The SMILES string of the molecule is Cc1ccc(-n2nc(C(C)(C)C)cc2CC(O)c2ccncc2)cn1. The van der Waals surface area contributed by atoms with Gasteiger partial charge < -0.3 is 5.11 Å². The maximum Gasteiger partial charge on any atom is 0.0846 e. The first-order valence-electron chi connectivity index (χ1n) is 8.45. The number of nitrogens with zero attached hydrogens (tertiary/aromatic N) is 4. The van der Waals surface area contributed by atoms with Crippen LogP contribution in [0, 0.1) is 6.92 Å². The molecular weight excluding hydrogens is 312 g/mol. The first-order valence-corrected chi connectivity index (χ1v) is 8.45. The van der Waals surface area contributed by atoms with Gasteiger partial charge in [0, 0.05) is 35.6 Å². The molecule has 3 aromatic rings. The molecule has 5 nitrogen and oxygen atoms in total. The van der Waals surface area contributed by atoms with Crippen molar-refractivity contribution in [1.82, 2.24) is 19.7 Å². The molecule has 25 heavy (non-hydrogen) atoms. The van der Waals surface area contributed by atoms with Crippen LogP contribution >= 0.6 is 0 Å². The zero-order valence-corrected chi connectivity index (χ0v) is 15.1. The summed E-state index contributed by atoms with van der Waals surface area (Å²) >= 11 is 0. The first-order chi connectivity index (χ1) is 11.8. The Morgan fingerprint density at radius 1 is 1.12 bits per heavy atom. The summed E-state index contributed by atoms with van der Waals surface area (Å²) in [5, 5.41) is 15.4. The summed E-state index contributed by atoms with van der Waals surface area (Å²) in [5.74, 6) is 0. The summed E-state index contributed by atoms with van der Waals surface area (Å²) in [6.45, 7) is 8.37. The minimum absolute atomic E-state index is 0.0697. The fourth-order valence-electron chi connectivity index (χ4n) is 2.64. The molecule has 5 heteroatoms. The topological polar surface area (TPSA) is 63.8 Å². The Balaban J connectivity index is 1.99. The van der Waals surface area contributed by atoms with E-state index in [1.54, 1.807) is 12.4 Å². The van der Waals surface area contributed by atoms with Gasteiger partial charge in [-0.1, -0.05) is 20.8 Å². The summed E-state index contributed by atoms with van der Waals surface area (Å²) in [7, 11) is 0. The van der Waals surface area contributed by atoms with Gasteiger partial charge in [-0.25, -0.2) is 4.68 Å². The van der Waals surface area contributed by atoms with Crippen LogP contribution in [0.2, 0.25) is 0 Å². The highest BCUT2D eigenvalue weighted by atomic mass is 16.3. The third-order valence-electron chi connectivity index (χ3n) is 4.19. The quantitative estimate of drug-likeness (QED) is 0.791. The Bertz CT molecular complexity index is 832. The summed E-state index contributed by atoms with van der Waals surface area (Å²) in [5.41, 5.74) is 4.59. The van der Waals surface area contributed by atoms with Gasteiger partial charge in [0.1, 0.15) is 0 Å². The number of rotatable bonds is 4. The maximum atomic E-state index is 10.6. The summed E-state index contributed by atoms with van der Waals surface area (Å²) < 4.78 is 1.89. The Morgan fingerprint density at radius 2 is 1.84 bits per heavy atom. The van der Waals surface area contributed by atoms with Crippen LogP contribution in [0.5, 0.6) is 0 Å². The average Bonchev–Trinajstić information content (AvgIpc) is 3.00. The largest absolute Gasteiger partial charge is 0.388 e. The molecule has 0 spiro atoms. The lowest BCUT2D eigenvalue weighted by atomic mass is 9.92. The van der Waals surface area contributed by atoms with Gasteiger partial charge in [0.15, 0.2) is 0 Å². The summed E-state index contributed by atoms with van der Waals surface area (Å²) in [6, 6.07) is 9.72. The zero-order valence-electron chi connectivity index (χ0n) is 15.1. The second-order valence-corrected chi connectivity index (χ2v) is 7.34. The van der Waals surface area contributed by atoms with E-state index in [1.165, 1.54) is 0 Å². The molecule has 1 unspecified atom stereocenters. The van der Waals surface area contributed by atoms with Gasteiger partial charge in [-0.05, 0) is 42.8 Å². The molecule has 0 bridgehead atoms. The molecule has 0 radical (unpaired) electrons. The number of aliphatic hydroxyl groups excluding tert-OH is 1. The standard InChI is InChI=1S/C20H24N4O/c1-14-5-6-16(13-22-14)24-17(12-19(23-24)20(2,3)4)11-18(25)15-7-9-21-10-8-15/h5-10,12-13,18,25H,11H2,1-4H3. The normalized spacial score (nSPS) is 13.0. The van der Waals surface area contributed by atoms with E-state index < -0.39 is 6.10 Å². The van der Waals surface area contributed by atoms with Gasteiger partial charge in [-0.15, -0.1) is 0 Å². The number of aliphatic hydroxyl groups is 1. The van der Waals surface area contributed by atoms with Gasteiger partial charge in [0.2, 0.25) is 0 Å². The van der Waals surface area contributed by atoms with E-state index in [4.69, 9.17) is 5.10 Å². The highest BCUT2D eigenvalue weighted by Gasteiger charge is 2.22. The number of hydrogen-bond acceptors (Lipinski definition) is 4. The second kappa shape index (κ2) is 6.76. The summed E-state index contributed by atoms with van der Waals surface area (Å²) in [6.07, 6.45) is 5.07. The fraction of sp³-hybridized carbons (Fsp3) is 0.350. The van der Waals surface area contributed by atoms with Crippen LogP contribution in [0.4, 0.5) is 0 Å². The molecular formula is C20H24N4O. The highest BCUT2D eigenvalue weighted by Crippen LogP contribution is 2.26. The van der Waals surface area contributed by atoms with E-state index in [0.29, 0.717) is 6.42 Å². The van der Waals surface area contributed by atoms with Crippen molar-refractivity contribution < 1.29 is 5.11 Å². The molecule has 3 heterocycles. The monoisotopic (exact) mass is 336 g/mol. The predicted octanol–water partition coefficient (Wildman–Crippen LogP) is 3.54. The minimum atomic E-state index is -0.607. The van der Waals surface area contributed by atoms with Crippen molar-refractivity contribution in [2.45, 2.75) is 45.6 Å². The van der Waals surface area contributed by atoms with Crippen LogP contribution in [0.25, 0.3) is 5.69 Å². The van der Waals surface area contributed by atoms with Crippen LogP contribution in [-0.2, 0) is 11.8 Å². The van der Waals surface area contributed by atoms with Crippen molar-refractivity contribution in [2.24, 2.45) is 0 Å². The Hall–Kier alpha value is -2.53. The smallest absolute Gasteiger partial charge is 0.0846 e. The molecule has 0 aliphatic heterocycles. The molecule has 3 aromatic heterocycles. The van der Waals surface area contributed by atoms with Crippen LogP contribution in [0.3, 0.4) is 0 Å². The van der Waals surface area contributed by atoms with Crippen molar-refractivity contribution in [3.8, 4) is 5.69 Å². The highest BCUT2D eigenvalue weighted by molar-refractivity contribution is 5.34. The molecule has 0 aliphatic rings. The van der Waals surface area contributed by atoms with Crippen molar-refractivity contribution in [3.63, 3.8) is 0 Å². The van der Waals surface area contributed by atoms with E-state index in [2.05, 4.69) is 36.8 Å². The molecule has 0 aliphatic carbocycles. The van der Waals surface area contributed by atoms with E-state index in [-0.39, 0.29) is 5.41 Å². The van der Waals surface area contributed by atoms with Gasteiger partial charge in [-0.2, -0.15) is 5.10 Å². The van der Waals surface area contributed by atoms with Crippen LogP contribution < -0.4 is 0 Å². The molecule has 130 valence electrons. The minimum Gasteiger partial charge on any atom is -0.388 e. The Kier molecular flexibility index (Phi) is 4.68. The van der Waals surface area contributed by atoms with E-state index in [1.807, 2.05) is 42.1 Å². The Labute approximate surface area is 148 Å². The molecule has 0 saturated carbocycles. The predicted molar refractivity (Wildman–Crippen MR) is 97.7 cm³/mol. The zero-order chi connectivity index (χ0) is 18.0. The maximum absolute atomic E-state index is 10.6. The number of pyridine rings is 2. The molecule has 0 fully saturated rings. The molecule has 1 N–H and O–H groups in total. The van der Waals surface area contributed by atoms with Crippen molar-refractivity contribution in [2.75, 3.05) is 0 Å². The van der Waals surface area contributed by atoms with Gasteiger partial charge >= 0.3 is 0 Å². The lowest BCUT2D eigenvalue weighted by molar-refractivity contribution is 0.176. The second-order valence-electron chi connectivity index (χ2n) is 7.34. The number of aromatic nitrogens is 4. The summed E-state index contributed by atoms with van der Waals surface area (Å²) in [4.78, 5) is 8.38. The third-order valence-corrected chi connectivity index (χ3v) is 4.19.